The molecule has 1 saturated carbocycles. The normalized spacial score (nSPS) is 22.4. The molecule has 1 aliphatic carbocycles. The first-order chi connectivity index (χ1) is 10.2. The second-order valence-corrected chi connectivity index (χ2v) is 6.62. The summed E-state index contributed by atoms with van der Waals surface area (Å²) in [6, 6.07) is 4.17. The molecule has 0 heterocycles. The molecule has 0 nitrogen and oxygen atoms in total. The lowest BCUT2D eigenvalue weighted by atomic mass is 9.77. The molecule has 118 valence electrons. The molecule has 2 heteroatoms. The van der Waals surface area contributed by atoms with Crippen LogP contribution in [0.25, 0.3) is 0 Å². The highest BCUT2D eigenvalue weighted by Gasteiger charge is 2.21. The average molecular weight is 294 g/mol. The molecular formula is C19H28F2. The van der Waals surface area contributed by atoms with Gasteiger partial charge in [-0.2, -0.15) is 0 Å². The van der Waals surface area contributed by atoms with Crippen molar-refractivity contribution in [3.8, 4) is 0 Å². The van der Waals surface area contributed by atoms with Crippen LogP contribution in [0.15, 0.2) is 18.2 Å². The van der Waals surface area contributed by atoms with Crippen molar-refractivity contribution in [2.24, 2.45) is 11.8 Å². The number of halogens is 2. The zero-order valence-electron chi connectivity index (χ0n) is 13.2. The van der Waals surface area contributed by atoms with Crippen LogP contribution in [0, 0.1) is 23.5 Å². The van der Waals surface area contributed by atoms with Crippen molar-refractivity contribution in [2.75, 3.05) is 0 Å². The molecule has 0 spiro atoms. The van der Waals surface area contributed by atoms with Gasteiger partial charge in [-0.15, -0.1) is 0 Å². The third-order valence-corrected chi connectivity index (χ3v) is 5.05. The molecule has 1 fully saturated rings. The molecule has 1 aliphatic rings. The predicted octanol–water partition coefficient (Wildman–Crippen LogP) is 6.28. The Morgan fingerprint density at radius 2 is 1.48 bits per heavy atom. The first-order valence-corrected chi connectivity index (χ1v) is 8.63. The lowest BCUT2D eigenvalue weighted by molar-refractivity contribution is 0.248. The maximum atomic E-state index is 13.6. The largest absolute Gasteiger partial charge is 0.207 e. The van der Waals surface area contributed by atoms with E-state index in [1.54, 1.807) is 0 Å². The average Bonchev–Trinajstić information content (AvgIpc) is 2.48. The fourth-order valence-electron chi connectivity index (χ4n) is 3.61. The molecule has 0 saturated heterocycles. The van der Waals surface area contributed by atoms with Crippen molar-refractivity contribution in [1.29, 1.82) is 0 Å². The molecular weight excluding hydrogens is 266 g/mol. The molecule has 0 unspecified atom stereocenters. The van der Waals surface area contributed by atoms with Crippen molar-refractivity contribution in [1.82, 2.24) is 0 Å². The van der Waals surface area contributed by atoms with E-state index in [1.807, 2.05) is 0 Å². The van der Waals surface area contributed by atoms with Crippen LogP contribution in [0.3, 0.4) is 0 Å². The molecule has 0 amide bonds. The molecule has 2 rings (SSSR count). The van der Waals surface area contributed by atoms with Gasteiger partial charge in [0.2, 0.25) is 0 Å². The van der Waals surface area contributed by atoms with Crippen LogP contribution in [0.2, 0.25) is 0 Å². The van der Waals surface area contributed by atoms with E-state index < -0.39 is 0 Å². The Morgan fingerprint density at radius 1 is 0.905 bits per heavy atom. The van der Waals surface area contributed by atoms with Crippen molar-refractivity contribution < 1.29 is 8.78 Å². The lowest BCUT2D eigenvalue weighted by Crippen LogP contribution is -2.15. The van der Waals surface area contributed by atoms with E-state index in [0.29, 0.717) is 12.3 Å². The summed E-state index contributed by atoms with van der Waals surface area (Å²) in [6.07, 6.45) is 12.0. The number of rotatable bonds is 7. The van der Waals surface area contributed by atoms with Crippen LogP contribution in [0.5, 0.6) is 0 Å². The Hall–Kier alpha value is -0.920. The third-order valence-electron chi connectivity index (χ3n) is 5.05. The summed E-state index contributed by atoms with van der Waals surface area (Å²) >= 11 is 0. The first kappa shape index (κ1) is 16.5. The lowest BCUT2D eigenvalue weighted by Gasteiger charge is -2.28. The van der Waals surface area contributed by atoms with Gasteiger partial charge in [-0.3, -0.25) is 0 Å². The van der Waals surface area contributed by atoms with E-state index in [4.69, 9.17) is 0 Å². The standard InChI is InChI=1S/C19H28F2/c1-2-3-4-6-15-9-11-16(12-10-15)13-14-17-18(20)7-5-8-19(17)21/h5,7-8,15-16H,2-4,6,9-14H2,1H3/t15-,16-. The van der Waals surface area contributed by atoms with Gasteiger partial charge in [0.25, 0.3) is 0 Å². The quantitative estimate of drug-likeness (QED) is 0.519. The molecule has 0 bridgehead atoms. The molecule has 21 heavy (non-hydrogen) atoms. The number of hydrogen-bond acceptors (Lipinski definition) is 0. The van der Waals surface area contributed by atoms with E-state index in [9.17, 15) is 8.78 Å². The monoisotopic (exact) mass is 294 g/mol. The van der Waals surface area contributed by atoms with Crippen molar-refractivity contribution in [3.05, 3.63) is 35.4 Å². The van der Waals surface area contributed by atoms with Crippen LogP contribution in [0.1, 0.15) is 70.3 Å². The Kier molecular flexibility index (Phi) is 6.66. The van der Waals surface area contributed by atoms with Gasteiger partial charge in [-0.1, -0.05) is 64.4 Å². The summed E-state index contributed by atoms with van der Waals surface area (Å²) in [4.78, 5) is 0. The van der Waals surface area contributed by atoms with Crippen molar-refractivity contribution in [3.63, 3.8) is 0 Å². The summed E-state index contributed by atoms with van der Waals surface area (Å²) in [5, 5.41) is 0. The fourth-order valence-corrected chi connectivity index (χ4v) is 3.61. The fraction of sp³-hybridized carbons (Fsp3) is 0.684. The van der Waals surface area contributed by atoms with Gasteiger partial charge >= 0.3 is 0 Å². The minimum Gasteiger partial charge on any atom is -0.207 e. The summed E-state index contributed by atoms with van der Waals surface area (Å²) in [6.45, 7) is 2.25. The minimum absolute atomic E-state index is 0.280. The maximum absolute atomic E-state index is 13.6. The summed E-state index contributed by atoms with van der Waals surface area (Å²) in [7, 11) is 0. The van der Waals surface area contributed by atoms with Crippen LogP contribution < -0.4 is 0 Å². The molecule has 1 aromatic carbocycles. The van der Waals surface area contributed by atoms with E-state index in [-0.39, 0.29) is 17.2 Å². The van der Waals surface area contributed by atoms with Gasteiger partial charge in [0.05, 0.1) is 0 Å². The zero-order chi connectivity index (χ0) is 15.1. The predicted molar refractivity (Wildman–Crippen MR) is 84.3 cm³/mol. The second-order valence-electron chi connectivity index (χ2n) is 6.62. The molecule has 0 radical (unpaired) electrons. The SMILES string of the molecule is CCCCC[C@H]1CC[C@H](CCc2c(F)cccc2F)CC1. The smallest absolute Gasteiger partial charge is 0.129 e. The molecule has 0 N–H and O–H groups in total. The Bertz CT molecular complexity index is 399. The van der Waals surface area contributed by atoms with Crippen LogP contribution in [-0.2, 0) is 6.42 Å². The molecule has 1 aromatic rings. The van der Waals surface area contributed by atoms with Gasteiger partial charge in [0, 0.05) is 5.56 Å². The van der Waals surface area contributed by atoms with E-state index >= 15 is 0 Å². The topological polar surface area (TPSA) is 0 Å². The molecule has 0 aliphatic heterocycles. The number of benzene rings is 1. The van der Waals surface area contributed by atoms with Crippen LogP contribution in [0.4, 0.5) is 8.78 Å². The van der Waals surface area contributed by atoms with Crippen molar-refractivity contribution in [2.45, 2.75) is 71.1 Å². The Morgan fingerprint density at radius 3 is 2.05 bits per heavy atom. The number of unbranched alkanes of at least 4 members (excludes halogenated alkanes) is 2. The summed E-state index contributed by atoms with van der Waals surface area (Å²) in [5.41, 5.74) is 0.280. The van der Waals surface area contributed by atoms with Crippen LogP contribution in [-0.4, -0.2) is 0 Å². The summed E-state index contributed by atoms with van der Waals surface area (Å²) < 4.78 is 27.2. The highest BCUT2D eigenvalue weighted by molar-refractivity contribution is 5.19. The zero-order valence-corrected chi connectivity index (χ0v) is 13.2. The van der Waals surface area contributed by atoms with E-state index in [0.717, 1.165) is 12.3 Å². The third kappa shape index (κ3) is 5.09. The van der Waals surface area contributed by atoms with E-state index in [2.05, 4.69) is 6.92 Å². The van der Waals surface area contributed by atoms with Gasteiger partial charge in [0.1, 0.15) is 11.6 Å². The molecule has 0 atom stereocenters. The van der Waals surface area contributed by atoms with Gasteiger partial charge in [-0.25, -0.2) is 8.78 Å². The van der Waals surface area contributed by atoms with Crippen molar-refractivity contribution >= 4 is 0 Å². The summed E-state index contributed by atoms with van der Waals surface area (Å²) in [5.74, 6) is 0.788. The second kappa shape index (κ2) is 8.51. The van der Waals surface area contributed by atoms with Crippen LogP contribution >= 0.6 is 0 Å². The highest BCUT2D eigenvalue weighted by atomic mass is 19.1. The van der Waals surface area contributed by atoms with E-state index in [1.165, 1.54) is 69.6 Å². The first-order valence-electron chi connectivity index (χ1n) is 8.63. The number of hydrogen-bond donors (Lipinski definition) is 0. The highest BCUT2D eigenvalue weighted by Crippen LogP contribution is 2.34. The van der Waals surface area contributed by atoms with Gasteiger partial charge < -0.3 is 0 Å². The maximum Gasteiger partial charge on any atom is 0.129 e. The van der Waals surface area contributed by atoms with Gasteiger partial charge in [-0.05, 0) is 36.8 Å². The molecule has 0 aromatic heterocycles. The van der Waals surface area contributed by atoms with Gasteiger partial charge in [0.15, 0.2) is 0 Å². The Labute approximate surface area is 128 Å². The Balaban J connectivity index is 1.71. The minimum atomic E-state index is -0.386.